The molecule has 0 bridgehead atoms. The molecule has 0 saturated heterocycles. The Morgan fingerprint density at radius 3 is 2.21 bits per heavy atom. The van der Waals surface area contributed by atoms with Crippen molar-refractivity contribution in [2.24, 2.45) is 0 Å². The lowest BCUT2D eigenvalue weighted by atomic mass is 10.2. The molecule has 19 heavy (non-hydrogen) atoms. The normalized spacial score (nSPS) is 10.6. The van der Waals surface area contributed by atoms with Crippen molar-refractivity contribution >= 4 is 11.8 Å². The van der Waals surface area contributed by atoms with Crippen LogP contribution in [0.1, 0.15) is 5.69 Å². The molecular weight excluding hydrogens is 254 g/mol. The van der Waals surface area contributed by atoms with E-state index in [1.807, 2.05) is 55.5 Å². The predicted molar refractivity (Wildman–Crippen MR) is 77.2 cm³/mol. The van der Waals surface area contributed by atoms with Gasteiger partial charge in [-0.1, -0.05) is 48.2 Å². The average Bonchev–Trinajstić information content (AvgIpc) is 2.82. The predicted octanol–water partition coefficient (Wildman–Crippen LogP) is 4.80. The number of rotatable bonds is 3. The monoisotopic (exact) mass is 267 g/mol. The summed E-state index contributed by atoms with van der Waals surface area (Å²) >= 11 is 1.60. The first kappa shape index (κ1) is 12.1. The van der Waals surface area contributed by atoms with E-state index < -0.39 is 0 Å². The van der Waals surface area contributed by atoms with E-state index in [2.05, 4.69) is 17.1 Å². The van der Waals surface area contributed by atoms with Crippen LogP contribution in [0.15, 0.2) is 75.1 Å². The van der Waals surface area contributed by atoms with Crippen LogP contribution in [0.25, 0.3) is 11.5 Å². The molecule has 3 rings (SSSR count). The smallest absolute Gasteiger partial charge is 0.227 e. The number of oxazole rings is 1. The number of aryl methyl sites for hydroxylation is 1. The molecule has 2 nitrogen and oxygen atoms in total. The molecule has 0 radical (unpaired) electrons. The fraction of sp³-hybridized carbons (Fsp3) is 0.0625. The molecule has 0 N–H and O–H groups in total. The van der Waals surface area contributed by atoms with Gasteiger partial charge in [-0.2, -0.15) is 0 Å². The molecule has 0 aliphatic rings. The molecule has 0 amide bonds. The number of aromatic nitrogens is 1. The van der Waals surface area contributed by atoms with Gasteiger partial charge in [0.1, 0.15) is 0 Å². The molecule has 0 unspecified atom stereocenters. The van der Waals surface area contributed by atoms with Gasteiger partial charge in [0.15, 0.2) is 5.09 Å². The van der Waals surface area contributed by atoms with Gasteiger partial charge in [0.25, 0.3) is 0 Å². The molecule has 0 saturated carbocycles. The lowest BCUT2D eigenvalue weighted by Crippen LogP contribution is -1.76. The van der Waals surface area contributed by atoms with Crippen molar-refractivity contribution < 1.29 is 4.42 Å². The molecular formula is C16H13NOS. The van der Waals surface area contributed by atoms with Crippen molar-refractivity contribution in [3.05, 3.63) is 66.4 Å². The maximum atomic E-state index is 5.86. The summed E-state index contributed by atoms with van der Waals surface area (Å²) in [6, 6.07) is 20.1. The minimum Gasteiger partial charge on any atom is -0.429 e. The van der Waals surface area contributed by atoms with E-state index in [0.717, 1.165) is 21.2 Å². The third-order valence-corrected chi connectivity index (χ3v) is 3.80. The minimum absolute atomic E-state index is 0.677. The van der Waals surface area contributed by atoms with Gasteiger partial charge in [0.05, 0.1) is 5.69 Å². The van der Waals surface area contributed by atoms with Crippen LogP contribution >= 0.6 is 11.8 Å². The maximum Gasteiger partial charge on any atom is 0.227 e. The van der Waals surface area contributed by atoms with E-state index in [0.29, 0.717) is 5.89 Å². The van der Waals surface area contributed by atoms with Gasteiger partial charge in [0, 0.05) is 10.5 Å². The summed E-state index contributed by atoms with van der Waals surface area (Å²) in [6.45, 7) is 1.97. The van der Waals surface area contributed by atoms with Gasteiger partial charge in [-0.3, -0.25) is 0 Å². The Morgan fingerprint density at radius 1 is 0.895 bits per heavy atom. The second-order valence-corrected chi connectivity index (χ2v) is 5.22. The van der Waals surface area contributed by atoms with Gasteiger partial charge in [-0.05, 0) is 31.2 Å². The summed E-state index contributed by atoms with van der Waals surface area (Å²) < 4.78 is 5.86. The fourth-order valence-electron chi connectivity index (χ4n) is 1.78. The summed E-state index contributed by atoms with van der Waals surface area (Å²) in [5.41, 5.74) is 1.93. The highest BCUT2D eigenvalue weighted by Gasteiger charge is 2.12. The van der Waals surface area contributed by atoms with Crippen LogP contribution < -0.4 is 0 Å². The molecule has 0 atom stereocenters. The third kappa shape index (κ3) is 2.71. The highest BCUT2D eigenvalue weighted by Crippen LogP contribution is 2.33. The fourth-order valence-corrected chi connectivity index (χ4v) is 2.60. The minimum atomic E-state index is 0.677. The number of benzene rings is 2. The third-order valence-electron chi connectivity index (χ3n) is 2.73. The molecule has 1 heterocycles. The summed E-state index contributed by atoms with van der Waals surface area (Å²) in [7, 11) is 0. The zero-order chi connectivity index (χ0) is 13.1. The van der Waals surface area contributed by atoms with E-state index in [4.69, 9.17) is 4.42 Å². The van der Waals surface area contributed by atoms with E-state index in [1.54, 1.807) is 11.8 Å². The quantitative estimate of drug-likeness (QED) is 0.681. The highest BCUT2D eigenvalue weighted by atomic mass is 32.2. The summed E-state index contributed by atoms with van der Waals surface area (Å²) in [5, 5.41) is 0.852. The SMILES string of the molecule is Cc1nc(-c2ccccc2)oc1Sc1ccccc1. The van der Waals surface area contributed by atoms with Crippen LogP contribution in [0.2, 0.25) is 0 Å². The van der Waals surface area contributed by atoms with E-state index >= 15 is 0 Å². The average molecular weight is 267 g/mol. The molecule has 2 aromatic carbocycles. The highest BCUT2D eigenvalue weighted by molar-refractivity contribution is 7.99. The molecule has 0 aliphatic carbocycles. The van der Waals surface area contributed by atoms with E-state index in [9.17, 15) is 0 Å². The van der Waals surface area contributed by atoms with Crippen molar-refractivity contribution in [1.82, 2.24) is 4.98 Å². The molecule has 3 aromatic rings. The number of hydrogen-bond donors (Lipinski definition) is 0. The van der Waals surface area contributed by atoms with Crippen LogP contribution in [0.4, 0.5) is 0 Å². The number of nitrogens with zero attached hydrogens (tertiary/aromatic N) is 1. The Labute approximate surface area is 116 Å². The van der Waals surface area contributed by atoms with Gasteiger partial charge in [-0.25, -0.2) is 4.98 Å². The van der Waals surface area contributed by atoms with Crippen LogP contribution in [0.3, 0.4) is 0 Å². The van der Waals surface area contributed by atoms with E-state index in [-0.39, 0.29) is 0 Å². The van der Waals surface area contributed by atoms with Gasteiger partial charge >= 0.3 is 0 Å². The Bertz CT molecular complexity index is 662. The van der Waals surface area contributed by atoms with Crippen molar-refractivity contribution in [3.63, 3.8) is 0 Å². The standard InChI is InChI=1S/C16H13NOS/c1-12-16(19-14-10-6-3-7-11-14)18-15(17-12)13-8-4-2-5-9-13/h2-11H,1H3. The first-order valence-electron chi connectivity index (χ1n) is 6.09. The van der Waals surface area contributed by atoms with Gasteiger partial charge in [-0.15, -0.1) is 0 Å². The summed E-state index contributed by atoms with van der Waals surface area (Å²) in [5.74, 6) is 0.677. The van der Waals surface area contributed by atoms with Crippen LogP contribution in [0, 0.1) is 6.92 Å². The maximum absolute atomic E-state index is 5.86. The Kier molecular flexibility index (Phi) is 3.38. The van der Waals surface area contributed by atoms with Crippen LogP contribution in [-0.2, 0) is 0 Å². The largest absolute Gasteiger partial charge is 0.429 e. The Balaban J connectivity index is 1.90. The second kappa shape index (κ2) is 5.33. The zero-order valence-corrected chi connectivity index (χ0v) is 11.4. The molecule has 3 heteroatoms. The molecule has 94 valence electrons. The van der Waals surface area contributed by atoms with Gasteiger partial charge < -0.3 is 4.42 Å². The first-order chi connectivity index (χ1) is 9.33. The van der Waals surface area contributed by atoms with Gasteiger partial charge in [0.2, 0.25) is 5.89 Å². The van der Waals surface area contributed by atoms with Crippen molar-refractivity contribution in [3.8, 4) is 11.5 Å². The summed E-state index contributed by atoms with van der Waals surface area (Å²) in [4.78, 5) is 5.64. The lowest BCUT2D eigenvalue weighted by Gasteiger charge is -1.97. The molecule has 0 fully saturated rings. The second-order valence-electron chi connectivity index (χ2n) is 4.17. The van der Waals surface area contributed by atoms with Crippen LogP contribution in [-0.4, -0.2) is 4.98 Å². The molecule has 0 aliphatic heterocycles. The summed E-state index contributed by atoms with van der Waals surface area (Å²) in [6.07, 6.45) is 0. The lowest BCUT2D eigenvalue weighted by molar-refractivity contribution is 0.481. The number of hydrogen-bond acceptors (Lipinski definition) is 3. The molecule has 0 spiro atoms. The topological polar surface area (TPSA) is 26.0 Å². The van der Waals surface area contributed by atoms with E-state index in [1.165, 1.54) is 0 Å². The van der Waals surface area contributed by atoms with Crippen molar-refractivity contribution in [2.75, 3.05) is 0 Å². The first-order valence-corrected chi connectivity index (χ1v) is 6.90. The van der Waals surface area contributed by atoms with Crippen LogP contribution in [0.5, 0.6) is 0 Å². The zero-order valence-electron chi connectivity index (χ0n) is 10.5. The Hall–Kier alpha value is -2.00. The van der Waals surface area contributed by atoms with Crippen molar-refractivity contribution in [2.45, 2.75) is 16.9 Å². The van der Waals surface area contributed by atoms with Crippen molar-refractivity contribution in [1.29, 1.82) is 0 Å². The molecule has 1 aromatic heterocycles. The Morgan fingerprint density at radius 2 is 1.53 bits per heavy atom.